The lowest BCUT2D eigenvalue weighted by molar-refractivity contribution is 0.0933. The van der Waals surface area contributed by atoms with Crippen LogP contribution in [0.3, 0.4) is 0 Å². The lowest BCUT2D eigenvalue weighted by atomic mass is 10.1. The summed E-state index contributed by atoms with van der Waals surface area (Å²) in [6, 6.07) is 10.5. The average Bonchev–Trinajstić information content (AvgIpc) is 3.32. The molecule has 0 saturated carbocycles. The van der Waals surface area contributed by atoms with Gasteiger partial charge in [0.1, 0.15) is 17.2 Å². The van der Waals surface area contributed by atoms with Crippen LogP contribution in [0.2, 0.25) is 0 Å². The van der Waals surface area contributed by atoms with Crippen LogP contribution in [-0.4, -0.2) is 39.8 Å². The van der Waals surface area contributed by atoms with Crippen molar-refractivity contribution in [1.82, 2.24) is 19.6 Å². The molecule has 1 aliphatic rings. The Hall–Kier alpha value is -2.73. The van der Waals surface area contributed by atoms with Gasteiger partial charge in [-0.1, -0.05) is 18.2 Å². The first-order valence-electron chi connectivity index (χ1n) is 9.33. The minimum atomic E-state index is -0.247. The number of aryl methyl sites for hydroxylation is 1. The smallest absolute Gasteiger partial charge is 0.271 e. The molecule has 6 heteroatoms. The molecule has 27 heavy (non-hydrogen) atoms. The Morgan fingerprint density at radius 1 is 1.15 bits per heavy atom. The largest absolute Gasteiger partial charge is 0.349 e. The Bertz CT molecular complexity index is 944. The first-order chi connectivity index (χ1) is 13.1. The molecule has 0 bridgehead atoms. The Kier molecular flexibility index (Phi) is 4.90. The highest BCUT2D eigenvalue weighted by molar-refractivity contribution is 5.92. The Balaban J connectivity index is 1.50. The number of halogens is 1. The second-order valence-electron chi connectivity index (χ2n) is 7.12. The second kappa shape index (κ2) is 7.48. The summed E-state index contributed by atoms with van der Waals surface area (Å²) in [6.45, 7) is 4.46. The summed E-state index contributed by atoms with van der Waals surface area (Å²) < 4.78 is 15.2. The molecule has 1 aromatic carbocycles. The zero-order valence-corrected chi connectivity index (χ0v) is 15.4. The number of carbonyl (C=O) groups is 1. The number of pyridine rings is 1. The van der Waals surface area contributed by atoms with Crippen LogP contribution >= 0.6 is 0 Å². The number of carbonyl (C=O) groups excluding carboxylic acids is 1. The van der Waals surface area contributed by atoms with Crippen molar-refractivity contribution in [1.29, 1.82) is 0 Å². The van der Waals surface area contributed by atoms with Crippen LogP contribution in [0.15, 0.2) is 48.8 Å². The van der Waals surface area contributed by atoms with Gasteiger partial charge in [-0.3, -0.25) is 9.69 Å². The van der Waals surface area contributed by atoms with Gasteiger partial charge in [-0.25, -0.2) is 9.37 Å². The molecule has 0 aliphatic carbocycles. The summed E-state index contributed by atoms with van der Waals surface area (Å²) in [5, 5.41) is 3.01. The van der Waals surface area contributed by atoms with Gasteiger partial charge in [0.2, 0.25) is 0 Å². The van der Waals surface area contributed by atoms with Gasteiger partial charge in [-0.15, -0.1) is 0 Å². The number of likely N-dealkylation sites (tertiary alicyclic amines) is 1. The molecule has 1 N–H and O–H groups in total. The lowest BCUT2D eigenvalue weighted by Crippen LogP contribution is -2.36. The fraction of sp³-hybridized carbons (Fsp3) is 0.333. The van der Waals surface area contributed by atoms with Gasteiger partial charge in [0.15, 0.2) is 0 Å². The summed E-state index contributed by atoms with van der Waals surface area (Å²) in [7, 11) is 0. The summed E-state index contributed by atoms with van der Waals surface area (Å²) in [6.07, 6.45) is 6.00. The maximum absolute atomic E-state index is 13.3. The molecule has 1 amide bonds. The third-order valence-corrected chi connectivity index (χ3v) is 5.12. The van der Waals surface area contributed by atoms with E-state index in [-0.39, 0.29) is 17.8 Å². The number of nitrogens with one attached hydrogen (secondary N) is 1. The van der Waals surface area contributed by atoms with E-state index in [1.807, 2.05) is 29.7 Å². The number of benzene rings is 1. The molecule has 1 fully saturated rings. The lowest BCUT2D eigenvalue weighted by Gasteiger charge is -2.28. The Morgan fingerprint density at radius 2 is 1.89 bits per heavy atom. The van der Waals surface area contributed by atoms with E-state index in [2.05, 4.69) is 15.2 Å². The van der Waals surface area contributed by atoms with Gasteiger partial charge in [0.25, 0.3) is 5.91 Å². The second-order valence-corrected chi connectivity index (χ2v) is 7.12. The quantitative estimate of drug-likeness (QED) is 0.753. The van der Waals surface area contributed by atoms with Gasteiger partial charge in [-0.05, 0) is 62.2 Å². The molecule has 0 radical (unpaired) electrons. The minimum absolute atomic E-state index is 0.0383. The van der Waals surface area contributed by atoms with Crippen LogP contribution in [0.4, 0.5) is 4.39 Å². The van der Waals surface area contributed by atoms with Crippen LogP contribution in [-0.2, 0) is 0 Å². The first kappa shape index (κ1) is 17.7. The first-order valence-corrected chi connectivity index (χ1v) is 9.33. The van der Waals surface area contributed by atoms with E-state index in [1.54, 1.807) is 18.3 Å². The predicted molar refractivity (Wildman–Crippen MR) is 102 cm³/mol. The third-order valence-electron chi connectivity index (χ3n) is 5.12. The molecule has 3 aromatic rings. The number of aromatic nitrogens is 2. The summed E-state index contributed by atoms with van der Waals surface area (Å²) in [4.78, 5) is 19.4. The molecule has 1 aliphatic heterocycles. The summed E-state index contributed by atoms with van der Waals surface area (Å²) in [5.41, 5.74) is 3.28. The van der Waals surface area contributed by atoms with Crippen molar-refractivity contribution in [3.8, 4) is 0 Å². The molecule has 0 spiro atoms. The van der Waals surface area contributed by atoms with Crippen LogP contribution in [0.25, 0.3) is 5.65 Å². The fourth-order valence-electron chi connectivity index (χ4n) is 3.69. The Labute approximate surface area is 157 Å². The number of amides is 1. The molecule has 140 valence electrons. The van der Waals surface area contributed by atoms with E-state index in [1.165, 1.54) is 12.1 Å². The van der Waals surface area contributed by atoms with Crippen molar-refractivity contribution >= 4 is 11.6 Å². The van der Waals surface area contributed by atoms with E-state index in [9.17, 15) is 9.18 Å². The predicted octanol–water partition coefficient (Wildman–Crippen LogP) is 3.35. The van der Waals surface area contributed by atoms with Crippen LogP contribution in [0.1, 0.15) is 40.5 Å². The topological polar surface area (TPSA) is 49.6 Å². The summed E-state index contributed by atoms with van der Waals surface area (Å²) >= 11 is 0. The van der Waals surface area contributed by atoms with Crippen LogP contribution in [0.5, 0.6) is 0 Å². The fourth-order valence-corrected chi connectivity index (χ4v) is 3.69. The number of nitrogens with zero attached hydrogens (tertiary/aromatic N) is 3. The van der Waals surface area contributed by atoms with E-state index >= 15 is 0 Å². The molecular weight excluding hydrogens is 343 g/mol. The minimum Gasteiger partial charge on any atom is -0.349 e. The highest BCUT2D eigenvalue weighted by atomic mass is 19.1. The van der Waals surface area contributed by atoms with Crippen molar-refractivity contribution in [2.45, 2.75) is 25.8 Å². The molecular formula is C21H23FN4O. The zero-order chi connectivity index (χ0) is 18.8. The molecule has 1 atom stereocenters. The van der Waals surface area contributed by atoms with Crippen molar-refractivity contribution in [3.63, 3.8) is 0 Å². The number of hydrogen-bond donors (Lipinski definition) is 1. The number of imidazole rings is 1. The van der Waals surface area contributed by atoms with Gasteiger partial charge in [-0.2, -0.15) is 0 Å². The molecule has 4 rings (SSSR count). The van der Waals surface area contributed by atoms with Gasteiger partial charge in [0, 0.05) is 18.9 Å². The summed E-state index contributed by atoms with van der Waals surface area (Å²) in [5.74, 6) is -0.439. The molecule has 3 heterocycles. The van der Waals surface area contributed by atoms with Crippen LogP contribution < -0.4 is 5.32 Å². The molecule has 2 aromatic heterocycles. The van der Waals surface area contributed by atoms with E-state index < -0.39 is 0 Å². The highest BCUT2D eigenvalue weighted by Crippen LogP contribution is 2.25. The molecule has 1 saturated heterocycles. The third kappa shape index (κ3) is 3.85. The van der Waals surface area contributed by atoms with Gasteiger partial charge < -0.3 is 9.72 Å². The van der Waals surface area contributed by atoms with Gasteiger partial charge in [0.05, 0.1) is 6.04 Å². The van der Waals surface area contributed by atoms with Crippen molar-refractivity contribution in [2.24, 2.45) is 0 Å². The average molecular weight is 366 g/mol. The standard InChI is InChI=1S/C21H23FN4O/c1-15-4-9-20-24-18(14-26(20)13-15)21(27)23-12-19(25-10-2-3-11-25)16-5-7-17(22)8-6-16/h4-9,13-14,19H,2-3,10-12H2,1H3,(H,23,27). The number of rotatable bonds is 5. The van der Waals surface area contributed by atoms with E-state index in [4.69, 9.17) is 0 Å². The van der Waals surface area contributed by atoms with E-state index in [0.29, 0.717) is 12.2 Å². The number of hydrogen-bond acceptors (Lipinski definition) is 3. The SMILES string of the molecule is Cc1ccc2nc(C(=O)NCC(c3ccc(F)cc3)N3CCCC3)cn2c1. The van der Waals surface area contributed by atoms with Crippen molar-refractivity contribution in [3.05, 3.63) is 71.4 Å². The van der Waals surface area contributed by atoms with E-state index in [0.717, 1.165) is 42.7 Å². The molecule has 5 nitrogen and oxygen atoms in total. The monoisotopic (exact) mass is 366 g/mol. The zero-order valence-electron chi connectivity index (χ0n) is 15.4. The number of fused-ring (bicyclic) bond motifs is 1. The Morgan fingerprint density at radius 3 is 2.63 bits per heavy atom. The maximum Gasteiger partial charge on any atom is 0.271 e. The van der Waals surface area contributed by atoms with Crippen molar-refractivity contribution in [2.75, 3.05) is 19.6 Å². The normalized spacial score (nSPS) is 15.9. The highest BCUT2D eigenvalue weighted by Gasteiger charge is 2.24. The van der Waals surface area contributed by atoms with Crippen LogP contribution in [0, 0.1) is 12.7 Å². The molecule has 1 unspecified atom stereocenters. The van der Waals surface area contributed by atoms with Gasteiger partial charge >= 0.3 is 0 Å². The maximum atomic E-state index is 13.3. The van der Waals surface area contributed by atoms with Crippen molar-refractivity contribution < 1.29 is 9.18 Å².